The van der Waals surface area contributed by atoms with Crippen molar-refractivity contribution >= 4 is 11.6 Å². The highest BCUT2D eigenvalue weighted by Crippen LogP contribution is 2.21. The van der Waals surface area contributed by atoms with Gasteiger partial charge in [0.15, 0.2) is 5.79 Å². The first-order chi connectivity index (χ1) is 8.46. The van der Waals surface area contributed by atoms with Crippen LogP contribution in [0, 0.1) is 0 Å². The van der Waals surface area contributed by atoms with E-state index in [0.29, 0.717) is 24.5 Å². The molecule has 1 aromatic heterocycles. The Morgan fingerprint density at radius 3 is 2.94 bits per heavy atom. The summed E-state index contributed by atoms with van der Waals surface area (Å²) in [6.45, 7) is 4.56. The minimum atomic E-state index is -0.575. The molecule has 2 heterocycles. The van der Waals surface area contributed by atoms with Crippen LogP contribution in [0.3, 0.4) is 0 Å². The summed E-state index contributed by atoms with van der Waals surface area (Å²) in [6, 6.07) is 3.22. The molecule has 1 atom stereocenters. The lowest BCUT2D eigenvalue weighted by Gasteiger charge is -2.17. The molecule has 2 rings (SSSR count). The molecular weight excluding hydrogens is 234 g/mol. The molecule has 1 aliphatic heterocycles. The van der Waals surface area contributed by atoms with Crippen molar-refractivity contribution in [2.45, 2.75) is 25.7 Å². The number of aromatic nitrogens is 1. The summed E-state index contributed by atoms with van der Waals surface area (Å²) in [5.74, 6) is -0.822. The fourth-order valence-electron chi connectivity index (χ4n) is 1.70. The quantitative estimate of drug-likeness (QED) is 0.819. The van der Waals surface area contributed by atoms with Crippen LogP contribution in [0.25, 0.3) is 0 Å². The molecule has 6 heteroatoms. The molecule has 0 radical (unpaired) electrons. The van der Waals surface area contributed by atoms with Gasteiger partial charge in [-0.2, -0.15) is 0 Å². The summed E-state index contributed by atoms with van der Waals surface area (Å²) in [5.41, 5.74) is 6.36. The summed E-state index contributed by atoms with van der Waals surface area (Å²) >= 11 is 0. The molecule has 1 saturated heterocycles. The third-order valence-corrected chi connectivity index (χ3v) is 2.58. The number of nitrogens with two attached hydrogens (primary N) is 1. The second-order valence-electron chi connectivity index (χ2n) is 4.64. The van der Waals surface area contributed by atoms with E-state index < -0.39 is 5.79 Å². The summed E-state index contributed by atoms with van der Waals surface area (Å²) in [5, 5.41) is 2.75. The van der Waals surface area contributed by atoms with Crippen molar-refractivity contribution in [2.75, 3.05) is 18.9 Å². The van der Waals surface area contributed by atoms with Crippen molar-refractivity contribution in [1.82, 2.24) is 10.3 Å². The highest BCUT2D eigenvalue weighted by Gasteiger charge is 2.32. The number of amides is 1. The predicted molar refractivity (Wildman–Crippen MR) is 65.9 cm³/mol. The van der Waals surface area contributed by atoms with Crippen molar-refractivity contribution in [3.63, 3.8) is 0 Å². The number of nitrogens with one attached hydrogen (secondary N) is 1. The SMILES string of the molecule is CC1(C)OCC(CNC(=O)c2ccc(N)cn2)O1. The number of carbonyl (C=O) groups is 1. The molecule has 1 fully saturated rings. The summed E-state index contributed by atoms with van der Waals surface area (Å²) in [6.07, 6.45) is 1.32. The van der Waals surface area contributed by atoms with Crippen LogP contribution in [0.1, 0.15) is 24.3 Å². The first kappa shape index (κ1) is 12.8. The summed E-state index contributed by atoms with van der Waals surface area (Å²) in [4.78, 5) is 15.7. The number of ether oxygens (including phenoxy) is 2. The first-order valence-corrected chi connectivity index (χ1v) is 5.78. The number of carbonyl (C=O) groups excluding carboxylic acids is 1. The standard InChI is InChI=1S/C12H17N3O3/c1-12(2)17-7-9(18-12)6-15-11(16)10-4-3-8(13)5-14-10/h3-5,9H,6-7,13H2,1-2H3,(H,15,16). The van der Waals surface area contributed by atoms with Gasteiger partial charge in [0.05, 0.1) is 18.5 Å². The average molecular weight is 251 g/mol. The molecule has 6 nitrogen and oxygen atoms in total. The fourth-order valence-corrected chi connectivity index (χ4v) is 1.70. The van der Waals surface area contributed by atoms with E-state index in [1.54, 1.807) is 12.1 Å². The number of pyridine rings is 1. The van der Waals surface area contributed by atoms with Gasteiger partial charge in [-0.3, -0.25) is 4.79 Å². The van der Waals surface area contributed by atoms with Crippen LogP contribution < -0.4 is 11.1 Å². The lowest BCUT2D eigenvalue weighted by Crippen LogP contribution is -2.34. The molecule has 1 amide bonds. The Morgan fingerprint density at radius 2 is 2.39 bits per heavy atom. The average Bonchev–Trinajstić information content (AvgIpc) is 2.67. The van der Waals surface area contributed by atoms with Crippen LogP contribution in [0.4, 0.5) is 5.69 Å². The van der Waals surface area contributed by atoms with Crippen LogP contribution in [0.15, 0.2) is 18.3 Å². The molecule has 98 valence electrons. The molecule has 1 aromatic rings. The Hall–Kier alpha value is -1.66. The van der Waals surface area contributed by atoms with Gasteiger partial charge in [0.1, 0.15) is 11.8 Å². The fraction of sp³-hybridized carbons (Fsp3) is 0.500. The van der Waals surface area contributed by atoms with Crippen LogP contribution in [-0.4, -0.2) is 35.9 Å². The minimum Gasteiger partial charge on any atom is -0.397 e. The summed E-state index contributed by atoms with van der Waals surface area (Å²) < 4.78 is 11.0. The maximum absolute atomic E-state index is 11.8. The zero-order chi connectivity index (χ0) is 13.2. The van der Waals surface area contributed by atoms with Crippen LogP contribution in [0.2, 0.25) is 0 Å². The zero-order valence-electron chi connectivity index (χ0n) is 10.5. The third kappa shape index (κ3) is 3.18. The Balaban J connectivity index is 1.84. The molecular formula is C12H17N3O3. The second-order valence-corrected chi connectivity index (χ2v) is 4.64. The highest BCUT2D eigenvalue weighted by molar-refractivity contribution is 5.92. The van der Waals surface area contributed by atoms with E-state index in [0.717, 1.165) is 0 Å². The van der Waals surface area contributed by atoms with Crippen LogP contribution in [-0.2, 0) is 9.47 Å². The van der Waals surface area contributed by atoms with Gasteiger partial charge in [0.25, 0.3) is 5.91 Å². The topological polar surface area (TPSA) is 86.5 Å². The number of hydrogen-bond acceptors (Lipinski definition) is 5. The smallest absolute Gasteiger partial charge is 0.269 e. The molecule has 18 heavy (non-hydrogen) atoms. The number of nitrogens with zero attached hydrogens (tertiary/aromatic N) is 1. The number of hydrogen-bond donors (Lipinski definition) is 2. The first-order valence-electron chi connectivity index (χ1n) is 5.78. The maximum Gasteiger partial charge on any atom is 0.269 e. The van der Waals surface area contributed by atoms with E-state index in [1.165, 1.54) is 6.20 Å². The van der Waals surface area contributed by atoms with Gasteiger partial charge in [0, 0.05) is 6.54 Å². The van der Waals surface area contributed by atoms with E-state index in [-0.39, 0.29) is 12.0 Å². The van der Waals surface area contributed by atoms with E-state index >= 15 is 0 Å². The summed E-state index contributed by atoms with van der Waals surface area (Å²) in [7, 11) is 0. The van der Waals surface area contributed by atoms with Crippen molar-refractivity contribution in [2.24, 2.45) is 0 Å². The molecule has 1 aliphatic rings. The van der Waals surface area contributed by atoms with E-state index in [1.807, 2.05) is 13.8 Å². The number of anilines is 1. The Kier molecular flexibility index (Phi) is 3.49. The van der Waals surface area contributed by atoms with Crippen LogP contribution >= 0.6 is 0 Å². The zero-order valence-corrected chi connectivity index (χ0v) is 10.5. The number of rotatable bonds is 3. The van der Waals surface area contributed by atoms with E-state index in [4.69, 9.17) is 15.2 Å². The van der Waals surface area contributed by atoms with Crippen molar-refractivity contribution in [3.05, 3.63) is 24.0 Å². The van der Waals surface area contributed by atoms with Gasteiger partial charge in [-0.25, -0.2) is 4.98 Å². The normalized spacial score (nSPS) is 21.8. The van der Waals surface area contributed by atoms with Crippen molar-refractivity contribution in [1.29, 1.82) is 0 Å². The van der Waals surface area contributed by atoms with Gasteiger partial charge in [0.2, 0.25) is 0 Å². The molecule has 0 bridgehead atoms. The van der Waals surface area contributed by atoms with Gasteiger partial charge in [-0.05, 0) is 26.0 Å². The second kappa shape index (κ2) is 4.91. The Labute approximate surface area is 105 Å². The lowest BCUT2D eigenvalue weighted by atomic mass is 10.3. The van der Waals surface area contributed by atoms with E-state index in [2.05, 4.69) is 10.3 Å². The Morgan fingerprint density at radius 1 is 1.61 bits per heavy atom. The predicted octanol–water partition coefficient (Wildman–Crippen LogP) is 0.545. The molecule has 1 unspecified atom stereocenters. The van der Waals surface area contributed by atoms with Crippen LogP contribution in [0.5, 0.6) is 0 Å². The van der Waals surface area contributed by atoms with Gasteiger partial charge in [-0.15, -0.1) is 0 Å². The van der Waals surface area contributed by atoms with Gasteiger partial charge >= 0.3 is 0 Å². The van der Waals surface area contributed by atoms with Crippen molar-refractivity contribution < 1.29 is 14.3 Å². The van der Waals surface area contributed by atoms with Gasteiger partial charge < -0.3 is 20.5 Å². The minimum absolute atomic E-state index is 0.127. The molecule has 0 spiro atoms. The van der Waals surface area contributed by atoms with Gasteiger partial charge in [-0.1, -0.05) is 0 Å². The lowest BCUT2D eigenvalue weighted by molar-refractivity contribution is -0.137. The molecule has 0 aromatic carbocycles. The monoisotopic (exact) mass is 251 g/mol. The van der Waals surface area contributed by atoms with E-state index in [9.17, 15) is 4.79 Å². The van der Waals surface area contributed by atoms with Crippen molar-refractivity contribution in [3.8, 4) is 0 Å². The Bertz CT molecular complexity index is 431. The molecule has 3 N–H and O–H groups in total. The molecule has 0 aliphatic carbocycles. The molecule has 0 saturated carbocycles. The maximum atomic E-state index is 11.8. The third-order valence-electron chi connectivity index (χ3n) is 2.58. The largest absolute Gasteiger partial charge is 0.397 e. The highest BCUT2D eigenvalue weighted by atomic mass is 16.7. The number of nitrogen functional groups attached to an aromatic ring is 1.